The highest BCUT2D eigenvalue weighted by molar-refractivity contribution is 5.86. The largest absolute Gasteiger partial charge is 0.364 e. The molecule has 4 rings (SSSR count). The summed E-state index contributed by atoms with van der Waals surface area (Å²) in [4.78, 5) is 9.19. The summed E-state index contributed by atoms with van der Waals surface area (Å²) in [7, 11) is 1.86. The molecule has 27 heavy (non-hydrogen) atoms. The molecule has 1 aromatic carbocycles. The molecule has 138 valence electrons. The first-order valence-corrected chi connectivity index (χ1v) is 8.78. The fourth-order valence-corrected chi connectivity index (χ4v) is 2.86. The molecule has 0 aliphatic heterocycles. The quantitative estimate of drug-likeness (QED) is 0.560. The van der Waals surface area contributed by atoms with Crippen LogP contribution in [0.25, 0.3) is 22.4 Å². The van der Waals surface area contributed by atoms with Crippen LogP contribution in [0.15, 0.2) is 41.1 Å². The van der Waals surface area contributed by atoms with E-state index in [1.165, 1.54) is 12.1 Å². The van der Waals surface area contributed by atoms with Crippen LogP contribution in [0.1, 0.15) is 24.9 Å². The minimum atomic E-state index is -0.285. The summed E-state index contributed by atoms with van der Waals surface area (Å²) >= 11 is 0. The molecular weight excluding hydrogens is 347 g/mol. The lowest BCUT2D eigenvalue weighted by Crippen LogP contribution is -2.06. The minimum absolute atomic E-state index is 0.285. The molecule has 4 aromatic rings. The van der Waals surface area contributed by atoms with Gasteiger partial charge in [0.25, 0.3) is 0 Å². The van der Waals surface area contributed by atoms with Crippen molar-refractivity contribution in [1.29, 1.82) is 0 Å². The van der Waals surface area contributed by atoms with Gasteiger partial charge in [-0.2, -0.15) is 5.10 Å². The van der Waals surface area contributed by atoms with Crippen LogP contribution < -0.4 is 5.32 Å². The van der Waals surface area contributed by atoms with Crippen molar-refractivity contribution < 1.29 is 8.91 Å². The number of nitrogens with zero attached hydrogens (tertiary/aromatic N) is 5. The number of hydrogen-bond acceptors (Lipinski definition) is 6. The van der Waals surface area contributed by atoms with Gasteiger partial charge in [-0.1, -0.05) is 12.1 Å². The van der Waals surface area contributed by atoms with Crippen molar-refractivity contribution in [1.82, 2.24) is 24.9 Å². The first-order valence-electron chi connectivity index (χ1n) is 8.78. The smallest absolute Gasteiger partial charge is 0.167 e. The molecule has 0 atom stereocenters. The maximum atomic E-state index is 13.1. The molecule has 0 saturated carbocycles. The number of rotatable bonds is 6. The van der Waals surface area contributed by atoms with E-state index >= 15 is 0 Å². The number of benzene rings is 1. The second-order valence-corrected chi connectivity index (χ2v) is 6.29. The van der Waals surface area contributed by atoms with Gasteiger partial charge in [0.1, 0.15) is 23.2 Å². The molecule has 7 nitrogen and oxygen atoms in total. The summed E-state index contributed by atoms with van der Waals surface area (Å²) in [6.45, 7) is 2.54. The first kappa shape index (κ1) is 17.1. The van der Waals surface area contributed by atoms with Crippen LogP contribution in [0.3, 0.4) is 0 Å². The number of halogens is 1. The Morgan fingerprint density at radius 1 is 1.19 bits per heavy atom. The SMILES string of the molecule is CCCc1nc(NCc2cc(-c3ccc(F)cc3)on2)c2cnn(C)c2n1. The number of anilines is 1. The van der Waals surface area contributed by atoms with Gasteiger partial charge in [0.15, 0.2) is 11.4 Å². The fourth-order valence-electron chi connectivity index (χ4n) is 2.86. The molecule has 1 N–H and O–H groups in total. The van der Waals surface area contributed by atoms with Crippen LogP contribution in [0.5, 0.6) is 0 Å². The number of hydrogen-bond donors (Lipinski definition) is 1. The molecule has 0 saturated heterocycles. The van der Waals surface area contributed by atoms with Crippen LogP contribution in [-0.4, -0.2) is 24.9 Å². The normalized spacial score (nSPS) is 11.2. The second kappa shape index (κ2) is 7.14. The molecule has 0 bridgehead atoms. The molecule has 3 aromatic heterocycles. The van der Waals surface area contributed by atoms with Gasteiger partial charge < -0.3 is 9.84 Å². The van der Waals surface area contributed by atoms with Gasteiger partial charge in [-0.15, -0.1) is 0 Å². The van der Waals surface area contributed by atoms with Crippen LogP contribution in [0.2, 0.25) is 0 Å². The number of fused-ring (bicyclic) bond motifs is 1. The van der Waals surface area contributed by atoms with Gasteiger partial charge in [0, 0.05) is 25.1 Å². The zero-order chi connectivity index (χ0) is 18.8. The summed E-state index contributed by atoms with van der Waals surface area (Å²) in [5.74, 6) is 1.81. The van der Waals surface area contributed by atoms with Gasteiger partial charge in [-0.25, -0.2) is 14.4 Å². The lowest BCUT2D eigenvalue weighted by atomic mass is 10.1. The highest BCUT2D eigenvalue weighted by Gasteiger charge is 2.12. The molecular formula is C19H19FN6O. The van der Waals surface area contributed by atoms with E-state index in [1.54, 1.807) is 23.0 Å². The Labute approximate surface area is 155 Å². The summed E-state index contributed by atoms with van der Waals surface area (Å²) in [5.41, 5.74) is 2.29. The molecule has 0 amide bonds. The molecule has 0 unspecified atom stereocenters. The van der Waals surface area contributed by atoms with E-state index in [1.807, 2.05) is 13.1 Å². The fraction of sp³-hybridized carbons (Fsp3) is 0.263. The van der Waals surface area contributed by atoms with Crippen molar-refractivity contribution in [2.45, 2.75) is 26.3 Å². The van der Waals surface area contributed by atoms with Gasteiger partial charge in [0.2, 0.25) is 0 Å². The van der Waals surface area contributed by atoms with Crippen molar-refractivity contribution in [3.63, 3.8) is 0 Å². The van der Waals surface area contributed by atoms with Crippen LogP contribution in [0.4, 0.5) is 10.2 Å². The van der Waals surface area contributed by atoms with Crippen LogP contribution in [-0.2, 0) is 20.0 Å². The summed E-state index contributed by atoms with van der Waals surface area (Å²) in [5, 5.41) is 12.5. The van der Waals surface area contributed by atoms with E-state index in [0.29, 0.717) is 12.3 Å². The van der Waals surface area contributed by atoms with Crippen molar-refractivity contribution in [2.24, 2.45) is 7.05 Å². The molecule has 8 heteroatoms. The molecule has 0 radical (unpaired) electrons. The Bertz CT molecular complexity index is 1070. The molecule has 3 heterocycles. The zero-order valence-corrected chi connectivity index (χ0v) is 15.1. The first-order chi connectivity index (χ1) is 13.1. The number of aromatic nitrogens is 5. The van der Waals surface area contributed by atoms with E-state index in [-0.39, 0.29) is 5.82 Å². The van der Waals surface area contributed by atoms with Gasteiger partial charge in [-0.05, 0) is 30.7 Å². The van der Waals surface area contributed by atoms with Crippen LogP contribution >= 0.6 is 0 Å². The van der Waals surface area contributed by atoms with E-state index < -0.39 is 0 Å². The highest BCUT2D eigenvalue weighted by Crippen LogP contribution is 2.23. The Morgan fingerprint density at radius 2 is 2.00 bits per heavy atom. The van der Waals surface area contributed by atoms with Crippen molar-refractivity contribution >= 4 is 16.9 Å². The molecule has 0 fully saturated rings. The maximum Gasteiger partial charge on any atom is 0.167 e. The number of aryl methyl sites for hydroxylation is 2. The summed E-state index contributed by atoms with van der Waals surface area (Å²) < 4.78 is 20.2. The average molecular weight is 366 g/mol. The van der Waals surface area contributed by atoms with Crippen molar-refractivity contribution in [3.05, 3.63) is 53.9 Å². The van der Waals surface area contributed by atoms with E-state index in [9.17, 15) is 4.39 Å². The third-order valence-corrected chi connectivity index (χ3v) is 4.24. The minimum Gasteiger partial charge on any atom is -0.364 e. The topological polar surface area (TPSA) is 81.7 Å². The lowest BCUT2D eigenvalue weighted by Gasteiger charge is -2.07. The standard InChI is InChI=1S/C19H19FN6O/c1-3-4-17-23-18(15-11-22-26(2)19(15)24-17)21-10-14-9-16(27-25-14)12-5-7-13(20)8-6-12/h5-9,11H,3-4,10H2,1-2H3,(H,21,23,24). The third kappa shape index (κ3) is 3.51. The monoisotopic (exact) mass is 366 g/mol. The predicted octanol–water partition coefficient (Wildman–Crippen LogP) is 3.72. The third-order valence-electron chi connectivity index (χ3n) is 4.24. The van der Waals surface area contributed by atoms with Gasteiger partial charge in [-0.3, -0.25) is 4.68 Å². The Morgan fingerprint density at radius 3 is 2.78 bits per heavy atom. The van der Waals surface area contributed by atoms with Gasteiger partial charge in [0.05, 0.1) is 18.1 Å². The van der Waals surface area contributed by atoms with Crippen LogP contribution in [0, 0.1) is 5.82 Å². The van der Waals surface area contributed by atoms with Crippen molar-refractivity contribution in [3.8, 4) is 11.3 Å². The number of nitrogens with one attached hydrogen (secondary N) is 1. The second-order valence-electron chi connectivity index (χ2n) is 6.29. The Hall–Kier alpha value is -3.29. The molecule has 0 aliphatic carbocycles. The molecule has 0 spiro atoms. The molecule has 0 aliphatic rings. The Balaban J connectivity index is 1.56. The summed E-state index contributed by atoms with van der Waals surface area (Å²) in [6, 6.07) is 7.94. The van der Waals surface area contributed by atoms with E-state index in [0.717, 1.165) is 46.8 Å². The average Bonchev–Trinajstić information content (AvgIpc) is 3.28. The lowest BCUT2D eigenvalue weighted by molar-refractivity contribution is 0.424. The predicted molar refractivity (Wildman–Crippen MR) is 99.5 cm³/mol. The van der Waals surface area contributed by atoms with E-state index in [2.05, 4.69) is 32.5 Å². The zero-order valence-electron chi connectivity index (χ0n) is 15.1. The van der Waals surface area contributed by atoms with E-state index in [4.69, 9.17) is 4.52 Å². The highest BCUT2D eigenvalue weighted by atomic mass is 19.1. The summed E-state index contributed by atoms with van der Waals surface area (Å²) in [6.07, 6.45) is 3.52. The maximum absolute atomic E-state index is 13.1. The Kier molecular flexibility index (Phi) is 4.53. The van der Waals surface area contributed by atoms with Crippen molar-refractivity contribution in [2.75, 3.05) is 5.32 Å². The van der Waals surface area contributed by atoms with Gasteiger partial charge >= 0.3 is 0 Å².